The van der Waals surface area contributed by atoms with Crippen molar-refractivity contribution in [1.82, 2.24) is 0 Å². The lowest BCUT2D eigenvalue weighted by Gasteiger charge is -2.05. The lowest BCUT2D eigenvalue weighted by atomic mass is 10.1. The van der Waals surface area contributed by atoms with E-state index in [2.05, 4.69) is 0 Å². The maximum atomic E-state index is 11.3. The van der Waals surface area contributed by atoms with Gasteiger partial charge in [-0.2, -0.15) is 0 Å². The first-order valence-electron chi connectivity index (χ1n) is 4.46. The van der Waals surface area contributed by atoms with Gasteiger partial charge in [0.2, 0.25) is 0 Å². The average Bonchev–Trinajstić information content (AvgIpc) is 2.45. The monoisotopic (exact) mass is 222 g/mol. The van der Waals surface area contributed by atoms with Crippen molar-refractivity contribution in [2.24, 2.45) is 0 Å². The predicted molar refractivity (Wildman–Crippen MR) is 55.1 cm³/mol. The molecule has 0 bridgehead atoms. The third-order valence-corrected chi connectivity index (χ3v) is 5.74. The number of hydrogen-bond donors (Lipinski definition) is 1. The molecule has 3 nitrogen and oxygen atoms in total. The molecule has 1 N–H and O–H groups in total. The number of carboxylic acid groups (broad SMARTS) is 1. The van der Waals surface area contributed by atoms with Crippen LogP contribution in [0.1, 0.15) is 32.1 Å². The van der Waals surface area contributed by atoms with Crippen molar-refractivity contribution in [3.05, 3.63) is 0 Å². The molecule has 2 atom stereocenters. The van der Waals surface area contributed by atoms with Gasteiger partial charge >= 0.3 is 5.97 Å². The fourth-order valence-corrected chi connectivity index (χ4v) is 4.84. The zero-order valence-corrected chi connectivity index (χ0v) is 9.03. The summed E-state index contributed by atoms with van der Waals surface area (Å²) in [4.78, 5) is 10.2. The van der Waals surface area contributed by atoms with Crippen molar-refractivity contribution in [3.8, 4) is 0 Å². The second kappa shape index (κ2) is 5.65. The SMILES string of the molecule is O=C(O)CCCCC1CCS[S@@]1=O. The van der Waals surface area contributed by atoms with Gasteiger partial charge in [0.05, 0.1) is 9.83 Å². The van der Waals surface area contributed by atoms with Crippen LogP contribution in [0.5, 0.6) is 0 Å². The minimum absolute atomic E-state index is 0.243. The van der Waals surface area contributed by atoms with Crippen LogP contribution in [0.2, 0.25) is 0 Å². The molecule has 0 aliphatic carbocycles. The van der Waals surface area contributed by atoms with Gasteiger partial charge in [-0.25, -0.2) is 4.21 Å². The van der Waals surface area contributed by atoms with Crippen LogP contribution in [0.15, 0.2) is 0 Å². The van der Waals surface area contributed by atoms with Crippen molar-refractivity contribution in [1.29, 1.82) is 0 Å². The number of rotatable bonds is 5. The van der Waals surface area contributed by atoms with Gasteiger partial charge in [-0.3, -0.25) is 4.79 Å². The molecule has 5 heteroatoms. The first-order valence-corrected chi connectivity index (χ1v) is 7.17. The molecule has 0 amide bonds. The first-order chi connectivity index (χ1) is 6.20. The van der Waals surface area contributed by atoms with E-state index in [1.54, 1.807) is 0 Å². The number of carbonyl (C=O) groups is 1. The van der Waals surface area contributed by atoms with Crippen molar-refractivity contribution in [2.45, 2.75) is 37.4 Å². The van der Waals surface area contributed by atoms with Crippen molar-refractivity contribution < 1.29 is 14.1 Å². The van der Waals surface area contributed by atoms with Gasteiger partial charge < -0.3 is 5.11 Å². The van der Waals surface area contributed by atoms with Gasteiger partial charge in [-0.15, -0.1) is 0 Å². The smallest absolute Gasteiger partial charge is 0.303 e. The Morgan fingerprint density at radius 1 is 1.54 bits per heavy atom. The van der Waals surface area contributed by atoms with E-state index in [4.69, 9.17) is 5.11 Å². The Bertz CT molecular complexity index is 206. The molecule has 1 saturated heterocycles. The molecule has 13 heavy (non-hydrogen) atoms. The molecule has 0 aromatic heterocycles. The fourth-order valence-electron chi connectivity index (χ4n) is 1.34. The Balaban J connectivity index is 2.05. The van der Waals surface area contributed by atoms with E-state index in [9.17, 15) is 9.00 Å². The molecule has 1 rings (SSSR count). The molecular weight excluding hydrogens is 208 g/mol. The Morgan fingerprint density at radius 2 is 2.31 bits per heavy atom. The molecule has 0 aromatic carbocycles. The van der Waals surface area contributed by atoms with Crippen LogP contribution in [0.25, 0.3) is 0 Å². The standard InChI is InChI=1S/C8H14O3S2/c9-8(10)4-2-1-3-7-5-6-12-13(7)11/h7H,1-6H2,(H,9,10)/t7?,13-/m0/s1. The largest absolute Gasteiger partial charge is 0.481 e. The lowest BCUT2D eigenvalue weighted by Crippen LogP contribution is -2.06. The maximum Gasteiger partial charge on any atom is 0.303 e. The molecule has 1 aliphatic rings. The summed E-state index contributed by atoms with van der Waals surface area (Å²) in [5.74, 6) is 0.262. The van der Waals surface area contributed by atoms with Crippen LogP contribution in [-0.4, -0.2) is 26.3 Å². The van der Waals surface area contributed by atoms with Gasteiger partial charge in [0.1, 0.15) is 0 Å². The predicted octanol–water partition coefficient (Wildman–Crippen LogP) is 1.80. The highest BCUT2D eigenvalue weighted by Gasteiger charge is 2.23. The Kier molecular flexibility index (Phi) is 4.80. The number of hydrogen-bond acceptors (Lipinski definition) is 3. The molecule has 76 valence electrons. The summed E-state index contributed by atoms with van der Waals surface area (Å²) >= 11 is 0. The number of aliphatic carboxylic acids is 1. The molecule has 1 aliphatic heterocycles. The molecule has 1 fully saturated rings. The molecular formula is C8H14O3S2. The third kappa shape index (κ3) is 4.13. The van der Waals surface area contributed by atoms with Gasteiger partial charge in [0, 0.05) is 17.4 Å². The van der Waals surface area contributed by atoms with Gasteiger partial charge in [0.15, 0.2) is 0 Å². The molecule has 1 unspecified atom stereocenters. The zero-order chi connectivity index (χ0) is 9.68. The van der Waals surface area contributed by atoms with Crippen LogP contribution in [0.3, 0.4) is 0 Å². The highest BCUT2D eigenvalue weighted by atomic mass is 33.1. The first kappa shape index (κ1) is 11.0. The van der Waals surface area contributed by atoms with Crippen molar-refractivity contribution in [3.63, 3.8) is 0 Å². The lowest BCUT2D eigenvalue weighted by molar-refractivity contribution is -0.137. The van der Waals surface area contributed by atoms with E-state index in [0.717, 1.165) is 25.0 Å². The van der Waals surface area contributed by atoms with Crippen LogP contribution in [0, 0.1) is 0 Å². The van der Waals surface area contributed by atoms with E-state index in [1.165, 1.54) is 10.8 Å². The van der Waals surface area contributed by atoms with Crippen LogP contribution < -0.4 is 0 Å². The van der Waals surface area contributed by atoms with E-state index >= 15 is 0 Å². The summed E-state index contributed by atoms with van der Waals surface area (Å²) in [6, 6.07) is 0. The normalized spacial score (nSPS) is 27.7. The summed E-state index contributed by atoms with van der Waals surface area (Å²) in [7, 11) is 0.820. The van der Waals surface area contributed by atoms with E-state index in [0.29, 0.717) is 11.7 Å². The molecule has 0 spiro atoms. The summed E-state index contributed by atoms with van der Waals surface area (Å²) in [5, 5.41) is 8.71. The summed E-state index contributed by atoms with van der Waals surface area (Å²) < 4.78 is 11.3. The second-order valence-corrected chi connectivity index (χ2v) is 6.66. The molecule has 0 radical (unpaired) electrons. The molecule has 0 aromatic rings. The number of carboxylic acids is 1. The summed E-state index contributed by atoms with van der Waals surface area (Å²) in [6.45, 7) is 0. The maximum absolute atomic E-state index is 11.3. The van der Waals surface area contributed by atoms with E-state index in [-0.39, 0.29) is 6.42 Å². The molecule has 0 saturated carbocycles. The van der Waals surface area contributed by atoms with Crippen molar-refractivity contribution >= 4 is 26.6 Å². The van der Waals surface area contributed by atoms with Gasteiger partial charge in [0.25, 0.3) is 0 Å². The highest BCUT2D eigenvalue weighted by molar-refractivity contribution is 8.69. The van der Waals surface area contributed by atoms with Gasteiger partial charge in [-0.05, 0) is 19.3 Å². The second-order valence-electron chi connectivity index (χ2n) is 3.13. The Hall–Kier alpha value is -0.0300. The number of unbranched alkanes of at least 4 members (excludes halogenated alkanes) is 1. The zero-order valence-electron chi connectivity index (χ0n) is 7.40. The Labute approximate surface area is 84.1 Å². The van der Waals surface area contributed by atoms with Crippen LogP contribution >= 0.6 is 10.8 Å². The van der Waals surface area contributed by atoms with Crippen LogP contribution in [-0.2, 0) is 14.6 Å². The molecule has 1 heterocycles. The summed E-state index contributed by atoms with van der Waals surface area (Å²) in [5.41, 5.74) is 0. The fraction of sp³-hybridized carbons (Fsp3) is 0.875. The highest BCUT2D eigenvalue weighted by Crippen LogP contribution is 2.29. The average molecular weight is 222 g/mol. The topological polar surface area (TPSA) is 54.4 Å². The third-order valence-electron chi connectivity index (χ3n) is 2.08. The van der Waals surface area contributed by atoms with E-state index in [1.807, 2.05) is 0 Å². The minimum Gasteiger partial charge on any atom is -0.481 e. The van der Waals surface area contributed by atoms with Gasteiger partial charge in [-0.1, -0.05) is 17.2 Å². The van der Waals surface area contributed by atoms with Crippen LogP contribution in [0.4, 0.5) is 0 Å². The van der Waals surface area contributed by atoms with Crippen molar-refractivity contribution in [2.75, 3.05) is 5.75 Å². The minimum atomic E-state index is -0.734. The van der Waals surface area contributed by atoms with E-state index < -0.39 is 15.8 Å². The quantitative estimate of drug-likeness (QED) is 0.569. The Morgan fingerprint density at radius 3 is 2.85 bits per heavy atom. The summed E-state index contributed by atoms with van der Waals surface area (Å²) in [6.07, 6.45) is 3.81.